The minimum atomic E-state index is -1.16. The quantitative estimate of drug-likeness (QED) is 0.617. The molecule has 1 heterocycles. The summed E-state index contributed by atoms with van der Waals surface area (Å²) in [6.45, 7) is 5.33. The Labute approximate surface area is 191 Å². The number of likely N-dealkylation sites (tertiary alicyclic amines) is 1. The highest BCUT2D eigenvalue weighted by atomic mass is 79.9. The smallest absolute Gasteiger partial charge is 0.413 e. The van der Waals surface area contributed by atoms with Gasteiger partial charge in [-0.05, 0) is 50.8 Å². The van der Waals surface area contributed by atoms with Gasteiger partial charge in [0.2, 0.25) is 0 Å². The summed E-state index contributed by atoms with van der Waals surface area (Å²) in [7, 11) is 0. The van der Waals surface area contributed by atoms with Crippen molar-refractivity contribution >= 4 is 28.0 Å². The number of hydrogen-bond donors (Lipinski definition) is 1. The van der Waals surface area contributed by atoms with Crippen molar-refractivity contribution in [2.45, 2.75) is 58.1 Å². The van der Waals surface area contributed by atoms with Crippen molar-refractivity contribution in [3.05, 3.63) is 70.2 Å². The highest BCUT2D eigenvalue weighted by molar-refractivity contribution is 9.10. The molecule has 1 fully saturated rings. The number of carbonyl (C=O) groups is 2. The molecule has 2 aromatic rings. The number of hydrogen-bond acceptors (Lipinski definition) is 5. The van der Waals surface area contributed by atoms with E-state index in [1.54, 1.807) is 20.8 Å². The van der Waals surface area contributed by atoms with Gasteiger partial charge in [-0.1, -0.05) is 64.5 Å². The van der Waals surface area contributed by atoms with Crippen LogP contribution in [0.4, 0.5) is 4.79 Å². The van der Waals surface area contributed by atoms with Gasteiger partial charge in [0.05, 0.1) is 0 Å². The molecule has 1 aliphatic rings. The van der Waals surface area contributed by atoms with E-state index in [9.17, 15) is 14.7 Å². The van der Waals surface area contributed by atoms with Gasteiger partial charge in [0.25, 0.3) is 0 Å². The Hall–Kier alpha value is -2.38. The third-order valence-electron chi connectivity index (χ3n) is 5.11. The van der Waals surface area contributed by atoms with E-state index in [-0.39, 0.29) is 18.9 Å². The molecule has 1 aliphatic heterocycles. The van der Waals surface area contributed by atoms with Gasteiger partial charge in [-0.2, -0.15) is 0 Å². The molecule has 166 valence electrons. The van der Waals surface area contributed by atoms with Crippen LogP contribution in [0.3, 0.4) is 0 Å². The van der Waals surface area contributed by atoms with Crippen LogP contribution in [0.5, 0.6) is 0 Å². The maximum Gasteiger partial charge on any atom is 0.413 e. The second kappa shape index (κ2) is 9.83. The summed E-state index contributed by atoms with van der Waals surface area (Å²) < 4.78 is 11.9. The number of ether oxygens (including phenoxy) is 2. The first-order chi connectivity index (χ1) is 14.7. The summed E-state index contributed by atoms with van der Waals surface area (Å²) in [4.78, 5) is 26.9. The average Bonchev–Trinajstić information content (AvgIpc) is 3.04. The summed E-state index contributed by atoms with van der Waals surface area (Å²) in [6, 6.07) is 16.1. The molecule has 0 radical (unpaired) electrons. The van der Waals surface area contributed by atoms with Crippen LogP contribution in [0, 0.1) is 5.92 Å². The van der Waals surface area contributed by atoms with E-state index in [0.717, 1.165) is 20.5 Å². The van der Waals surface area contributed by atoms with Crippen LogP contribution in [0.15, 0.2) is 59.1 Å². The first-order valence-corrected chi connectivity index (χ1v) is 11.1. The number of rotatable bonds is 5. The van der Waals surface area contributed by atoms with Gasteiger partial charge in [-0.15, -0.1) is 0 Å². The fourth-order valence-electron chi connectivity index (χ4n) is 3.65. The molecule has 0 spiro atoms. The molecule has 0 aliphatic carbocycles. The van der Waals surface area contributed by atoms with Crippen LogP contribution in [-0.4, -0.2) is 39.9 Å². The molecule has 1 N–H and O–H groups in total. The molecule has 1 saturated heterocycles. The zero-order valence-corrected chi connectivity index (χ0v) is 19.5. The number of aliphatic hydroxyl groups is 1. The van der Waals surface area contributed by atoms with Gasteiger partial charge >= 0.3 is 12.1 Å². The zero-order valence-electron chi connectivity index (χ0n) is 18.0. The van der Waals surface area contributed by atoms with Crippen molar-refractivity contribution in [3.8, 4) is 0 Å². The van der Waals surface area contributed by atoms with Gasteiger partial charge in [-0.25, -0.2) is 9.59 Å². The second-order valence-corrected chi connectivity index (χ2v) is 9.56. The van der Waals surface area contributed by atoms with Gasteiger partial charge in [0, 0.05) is 10.4 Å². The van der Waals surface area contributed by atoms with Crippen LogP contribution < -0.4 is 0 Å². The highest BCUT2D eigenvalue weighted by Gasteiger charge is 2.48. The SMILES string of the molecule is CC(C)(C)OC(=O)N1C(O)[C@@H](Cc2ccccc2Br)C[C@@H]1C(=O)OCc1ccccc1. The summed E-state index contributed by atoms with van der Waals surface area (Å²) >= 11 is 3.52. The molecular formula is C24H28BrNO5. The third kappa shape index (κ3) is 6.08. The standard InChI is InChI=1S/C24H28BrNO5/c1-24(2,3)31-23(29)26-20(22(28)30-15-16-9-5-4-6-10-16)14-18(21(26)27)13-17-11-7-8-12-19(17)25/h4-12,18,20-21,27H,13-15H2,1-3H3/t18-,20+,21?/m0/s1. The van der Waals surface area contributed by atoms with Gasteiger partial charge in [0.15, 0.2) is 0 Å². The monoisotopic (exact) mass is 489 g/mol. The second-order valence-electron chi connectivity index (χ2n) is 8.70. The fourth-order valence-corrected chi connectivity index (χ4v) is 4.10. The molecule has 0 bridgehead atoms. The number of halogens is 1. The molecule has 1 unspecified atom stereocenters. The maximum absolute atomic E-state index is 12.9. The van der Waals surface area contributed by atoms with E-state index in [2.05, 4.69) is 15.9 Å². The van der Waals surface area contributed by atoms with Crippen molar-refractivity contribution in [2.75, 3.05) is 0 Å². The number of esters is 1. The molecule has 3 rings (SSSR count). The molecule has 1 amide bonds. The van der Waals surface area contributed by atoms with Gasteiger partial charge in [0.1, 0.15) is 24.5 Å². The largest absolute Gasteiger partial charge is 0.459 e. The average molecular weight is 490 g/mol. The topological polar surface area (TPSA) is 76.1 Å². The van der Waals surface area contributed by atoms with Crippen molar-refractivity contribution in [1.82, 2.24) is 4.90 Å². The van der Waals surface area contributed by atoms with Gasteiger partial charge < -0.3 is 14.6 Å². The molecule has 3 atom stereocenters. The Morgan fingerprint density at radius 2 is 1.74 bits per heavy atom. The highest BCUT2D eigenvalue weighted by Crippen LogP contribution is 2.34. The molecular weight excluding hydrogens is 462 g/mol. The molecule has 2 aromatic carbocycles. The number of benzene rings is 2. The Balaban J connectivity index is 1.78. The Morgan fingerprint density at radius 3 is 2.39 bits per heavy atom. The Bertz CT molecular complexity index is 912. The van der Waals surface area contributed by atoms with E-state index < -0.39 is 29.9 Å². The lowest BCUT2D eigenvalue weighted by Gasteiger charge is -2.30. The minimum absolute atomic E-state index is 0.101. The first-order valence-electron chi connectivity index (χ1n) is 10.3. The predicted octanol–water partition coefficient (Wildman–Crippen LogP) is 4.68. The molecule has 6 nitrogen and oxygen atoms in total. The lowest BCUT2D eigenvalue weighted by atomic mass is 9.95. The summed E-state index contributed by atoms with van der Waals surface area (Å²) in [5, 5.41) is 11.0. The lowest BCUT2D eigenvalue weighted by Crippen LogP contribution is -2.48. The minimum Gasteiger partial charge on any atom is -0.459 e. The fraction of sp³-hybridized carbons (Fsp3) is 0.417. The lowest BCUT2D eigenvalue weighted by molar-refractivity contribution is -0.152. The van der Waals surface area contributed by atoms with Crippen molar-refractivity contribution in [3.63, 3.8) is 0 Å². The van der Waals surface area contributed by atoms with Crippen LogP contribution in [-0.2, 0) is 27.3 Å². The first kappa shape index (κ1) is 23.3. The third-order valence-corrected chi connectivity index (χ3v) is 5.88. The maximum atomic E-state index is 12.9. The summed E-state index contributed by atoms with van der Waals surface area (Å²) in [5.74, 6) is -0.885. The summed E-state index contributed by atoms with van der Waals surface area (Å²) in [5.41, 5.74) is 1.09. The number of amides is 1. The van der Waals surface area contributed by atoms with Gasteiger partial charge in [-0.3, -0.25) is 4.90 Å². The molecule has 7 heteroatoms. The van der Waals surface area contributed by atoms with E-state index in [1.165, 1.54) is 0 Å². The Kier molecular flexibility index (Phi) is 7.38. The number of aliphatic hydroxyl groups excluding tert-OH is 1. The van der Waals surface area contributed by atoms with Crippen molar-refractivity contribution < 1.29 is 24.2 Å². The van der Waals surface area contributed by atoms with E-state index in [1.807, 2.05) is 54.6 Å². The molecule has 0 aromatic heterocycles. The molecule has 0 saturated carbocycles. The van der Waals surface area contributed by atoms with E-state index >= 15 is 0 Å². The van der Waals surface area contributed by atoms with Crippen molar-refractivity contribution in [2.24, 2.45) is 5.92 Å². The van der Waals surface area contributed by atoms with Crippen LogP contribution in [0.2, 0.25) is 0 Å². The normalized spacial score (nSPS) is 21.1. The van der Waals surface area contributed by atoms with Crippen molar-refractivity contribution in [1.29, 1.82) is 0 Å². The predicted molar refractivity (Wildman–Crippen MR) is 120 cm³/mol. The number of nitrogens with zero attached hydrogens (tertiary/aromatic N) is 1. The molecule has 31 heavy (non-hydrogen) atoms. The van der Waals surface area contributed by atoms with E-state index in [4.69, 9.17) is 9.47 Å². The van der Waals surface area contributed by atoms with Crippen LogP contribution >= 0.6 is 15.9 Å². The summed E-state index contributed by atoms with van der Waals surface area (Å²) in [6.07, 6.45) is -1.09. The number of carbonyl (C=O) groups excluding carboxylic acids is 2. The zero-order chi connectivity index (χ0) is 22.6. The van der Waals surface area contributed by atoms with Crippen LogP contribution in [0.1, 0.15) is 38.3 Å². The Morgan fingerprint density at radius 1 is 1.10 bits per heavy atom. The van der Waals surface area contributed by atoms with E-state index in [0.29, 0.717) is 6.42 Å². The van der Waals surface area contributed by atoms with Crippen LogP contribution in [0.25, 0.3) is 0 Å².